The van der Waals surface area contributed by atoms with Crippen molar-refractivity contribution in [2.45, 2.75) is 75.7 Å². The van der Waals surface area contributed by atoms with E-state index >= 15 is 4.39 Å². The Hall–Kier alpha value is -5.98. The van der Waals surface area contributed by atoms with Gasteiger partial charge in [-0.15, -0.1) is 0 Å². The molecule has 2 aliphatic carbocycles. The standard InChI is InChI=1S/C44H42F2N6O4/c45-28-4-1-3-24(15-28)25-7-14-36-38(18-25)42(48)50-23-40(36)44(56)52(31-5-2-6-34(54)21-31)32-17-27(16-29(46)20-32)26-8-13-35-37(19-26)41(47)49-22-39(35)43(55)51-30-9-11-33(53)12-10-30/h1,3-4,7-8,13-20,22-23,30-31,33-34,53-54H,2,5-6,9-12,21H2,(H2,47,49)(H2,48,50)(H,51,55). The van der Waals surface area contributed by atoms with Gasteiger partial charge in [0.2, 0.25) is 0 Å². The Morgan fingerprint density at radius 2 is 1.29 bits per heavy atom. The van der Waals surface area contributed by atoms with Gasteiger partial charge in [-0.2, -0.15) is 0 Å². The van der Waals surface area contributed by atoms with Crippen LogP contribution in [-0.2, 0) is 0 Å². The van der Waals surface area contributed by atoms with E-state index < -0.39 is 23.9 Å². The highest BCUT2D eigenvalue weighted by atomic mass is 19.1. The van der Waals surface area contributed by atoms with E-state index in [-0.39, 0.29) is 41.1 Å². The van der Waals surface area contributed by atoms with Crippen molar-refractivity contribution in [2.24, 2.45) is 0 Å². The second-order valence-corrected chi connectivity index (χ2v) is 15.0. The van der Waals surface area contributed by atoms with Crippen LogP contribution in [0.3, 0.4) is 0 Å². The number of carbonyl (C=O) groups excluding carboxylic acids is 2. The van der Waals surface area contributed by atoms with Crippen LogP contribution in [0.5, 0.6) is 0 Å². The minimum Gasteiger partial charge on any atom is -0.393 e. The van der Waals surface area contributed by atoms with Crippen molar-refractivity contribution >= 4 is 50.7 Å². The molecule has 0 bridgehead atoms. The highest BCUT2D eigenvalue weighted by molar-refractivity contribution is 6.16. The first-order valence-electron chi connectivity index (χ1n) is 19.0. The van der Waals surface area contributed by atoms with E-state index in [0.717, 1.165) is 0 Å². The van der Waals surface area contributed by atoms with Crippen molar-refractivity contribution in [3.63, 3.8) is 0 Å². The SMILES string of the molecule is Nc1ncc(C(=O)NC2CCC(O)CC2)c2ccc(-c3cc(F)cc(N(C(=O)c4cnc(N)c5cc(-c6cccc(F)c6)ccc45)C4CCCC(O)C4)c3)cc12. The average Bonchev–Trinajstić information content (AvgIpc) is 3.19. The maximum absolute atomic E-state index is 15.8. The van der Waals surface area contributed by atoms with E-state index in [0.29, 0.717) is 106 Å². The van der Waals surface area contributed by atoms with Crippen LogP contribution in [0.25, 0.3) is 43.8 Å². The number of nitrogens with two attached hydrogens (primary N) is 2. The fourth-order valence-corrected chi connectivity index (χ4v) is 8.27. The zero-order chi connectivity index (χ0) is 39.1. The summed E-state index contributed by atoms with van der Waals surface area (Å²) in [6.07, 6.45) is 6.65. The lowest BCUT2D eigenvalue weighted by Gasteiger charge is -2.36. The zero-order valence-corrected chi connectivity index (χ0v) is 30.6. The molecule has 56 heavy (non-hydrogen) atoms. The summed E-state index contributed by atoms with van der Waals surface area (Å²) < 4.78 is 29.9. The number of nitrogens with one attached hydrogen (secondary N) is 1. The molecule has 286 valence electrons. The van der Waals surface area contributed by atoms with Gasteiger partial charge >= 0.3 is 0 Å². The molecule has 2 amide bonds. The molecule has 10 nitrogen and oxygen atoms in total. The summed E-state index contributed by atoms with van der Waals surface area (Å²) in [6, 6.07) is 20.7. The van der Waals surface area contributed by atoms with E-state index in [1.807, 2.05) is 0 Å². The Bertz CT molecular complexity index is 2490. The smallest absolute Gasteiger partial charge is 0.260 e. The third-order valence-corrected chi connectivity index (χ3v) is 11.2. The minimum atomic E-state index is -0.640. The number of amides is 2. The first kappa shape index (κ1) is 37.0. The van der Waals surface area contributed by atoms with Gasteiger partial charge in [0.15, 0.2) is 0 Å². The van der Waals surface area contributed by atoms with Gasteiger partial charge in [-0.1, -0.05) is 36.4 Å². The number of aliphatic hydroxyl groups is 2. The average molecular weight is 757 g/mol. The third kappa shape index (κ3) is 7.37. The van der Waals surface area contributed by atoms with Crippen molar-refractivity contribution < 1.29 is 28.6 Å². The maximum Gasteiger partial charge on any atom is 0.260 e. The molecule has 0 saturated heterocycles. The number of pyridine rings is 2. The molecule has 8 rings (SSSR count). The van der Waals surface area contributed by atoms with Crippen molar-refractivity contribution in [3.05, 3.63) is 114 Å². The lowest BCUT2D eigenvalue weighted by molar-refractivity contribution is 0.0868. The molecule has 2 aliphatic rings. The number of aromatic nitrogens is 2. The molecular weight excluding hydrogens is 715 g/mol. The van der Waals surface area contributed by atoms with Crippen molar-refractivity contribution in [2.75, 3.05) is 16.4 Å². The van der Waals surface area contributed by atoms with Gasteiger partial charge in [0, 0.05) is 40.9 Å². The maximum atomic E-state index is 15.8. The lowest BCUT2D eigenvalue weighted by Crippen LogP contribution is -2.44. The zero-order valence-electron chi connectivity index (χ0n) is 30.6. The summed E-state index contributed by atoms with van der Waals surface area (Å²) in [5.41, 5.74) is 16.0. The number of carbonyl (C=O) groups is 2. The number of nitrogen functional groups attached to an aromatic ring is 2. The largest absolute Gasteiger partial charge is 0.393 e. The van der Waals surface area contributed by atoms with E-state index in [1.54, 1.807) is 59.5 Å². The van der Waals surface area contributed by atoms with Crippen LogP contribution in [-0.4, -0.2) is 56.3 Å². The number of hydrogen-bond donors (Lipinski definition) is 5. The summed E-state index contributed by atoms with van der Waals surface area (Å²) in [5, 5.41) is 25.8. The van der Waals surface area contributed by atoms with Crippen molar-refractivity contribution in [1.82, 2.24) is 15.3 Å². The molecule has 2 atom stereocenters. The summed E-state index contributed by atoms with van der Waals surface area (Å²) in [7, 11) is 0. The normalized spacial score (nSPS) is 19.9. The molecule has 12 heteroatoms. The van der Waals surface area contributed by atoms with Crippen LogP contribution in [0.15, 0.2) is 91.3 Å². The van der Waals surface area contributed by atoms with Crippen LogP contribution >= 0.6 is 0 Å². The van der Waals surface area contributed by atoms with Gasteiger partial charge < -0.3 is 31.9 Å². The Balaban J connectivity index is 1.17. The Morgan fingerprint density at radius 3 is 1.96 bits per heavy atom. The fourth-order valence-electron chi connectivity index (χ4n) is 8.27. The topological polar surface area (TPSA) is 168 Å². The molecule has 2 saturated carbocycles. The van der Waals surface area contributed by atoms with Crippen LogP contribution in [0.2, 0.25) is 0 Å². The van der Waals surface area contributed by atoms with Gasteiger partial charge in [0.25, 0.3) is 11.8 Å². The van der Waals surface area contributed by atoms with Crippen LogP contribution in [0, 0.1) is 11.6 Å². The molecule has 2 aromatic heterocycles. The molecule has 2 heterocycles. The quantitative estimate of drug-likeness (QED) is 0.111. The molecule has 6 aromatic rings. The predicted molar refractivity (Wildman–Crippen MR) is 214 cm³/mol. The summed E-state index contributed by atoms with van der Waals surface area (Å²) in [6.45, 7) is 0. The second kappa shape index (κ2) is 15.3. The number of rotatable bonds is 7. The first-order chi connectivity index (χ1) is 27.0. The third-order valence-electron chi connectivity index (χ3n) is 11.2. The van der Waals surface area contributed by atoms with Gasteiger partial charge in [0.1, 0.15) is 23.3 Å². The summed E-state index contributed by atoms with van der Waals surface area (Å²) in [5.74, 6) is -1.29. The van der Waals surface area contributed by atoms with Gasteiger partial charge in [-0.3, -0.25) is 9.59 Å². The van der Waals surface area contributed by atoms with E-state index in [9.17, 15) is 24.2 Å². The number of benzene rings is 4. The first-order valence-corrected chi connectivity index (χ1v) is 19.0. The number of anilines is 3. The molecule has 4 aromatic carbocycles. The van der Waals surface area contributed by atoms with E-state index in [2.05, 4.69) is 15.3 Å². The van der Waals surface area contributed by atoms with E-state index in [1.165, 1.54) is 36.7 Å². The summed E-state index contributed by atoms with van der Waals surface area (Å²) in [4.78, 5) is 38.5. The van der Waals surface area contributed by atoms with Crippen LogP contribution < -0.4 is 21.7 Å². The Kier molecular flexibility index (Phi) is 10.1. The number of nitrogens with zero attached hydrogens (tertiary/aromatic N) is 3. The predicted octanol–water partition coefficient (Wildman–Crippen LogP) is 7.54. The lowest BCUT2D eigenvalue weighted by atomic mass is 9.90. The van der Waals surface area contributed by atoms with Crippen LogP contribution in [0.4, 0.5) is 26.1 Å². The van der Waals surface area contributed by atoms with E-state index in [4.69, 9.17) is 11.5 Å². The number of hydrogen-bond acceptors (Lipinski definition) is 8. The number of fused-ring (bicyclic) bond motifs is 2. The highest BCUT2D eigenvalue weighted by Crippen LogP contribution is 2.37. The highest BCUT2D eigenvalue weighted by Gasteiger charge is 2.33. The second-order valence-electron chi connectivity index (χ2n) is 15.0. The van der Waals surface area contributed by atoms with Crippen molar-refractivity contribution in [3.8, 4) is 22.3 Å². The van der Waals surface area contributed by atoms with Gasteiger partial charge in [0.05, 0.1) is 23.3 Å². The molecule has 0 aliphatic heterocycles. The number of aliphatic hydroxyl groups excluding tert-OH is 2. The molecule has 0 spiro atoms. The molecule has 0 radical (unpaired) electrons. The fraction of sp³-hybridized carbons (Fsp3) is 0.273. The Morgan fingerprint density at radius 1 is 0.661 bits per heavy atom. The van der Waals surface area contributed by atoms with Gasteiger partial charge in [-0.25, -0.2) is 18.7 Å². The molecule has 2 unspecified atom stereocenters. The molecule has 2 fully saturated rings. The Labute approximate surface area is 322 Å². The molecular formula is C44H42F2N6O4. The summed E-state index contributed by atoms with van der Waals surface area (Å²) >= 11 is 0. The van der Waals surface area contributed by atoms with Gasteiger partial charge in [-0.05, 0) is 127 Å². The molecule has 7 N–H and O–H groups in total. The van der Waals surface area contributed by atoms with Crippen molar-refractivity contribution in [1.29, 1.82) is 0 Å². The minimum absolute atomic E-state index is 0.0564. The number of halogens is 2. The monoisotopic (exact) mass is 756 g/mol. The van der Waals surface area contributed by atoms with Crippen LogP contribution in [0.1, 0.15) is 72.1 Å².